The highest BCUT2D eigenvalue weighted by molar-refractivity contribution is 14.1. The number of hydrazone groups is 1. The highest BCUT2D eigenvalue weighted by Gasteiger charge is 2.30. The summed E-state index contributed by atoms with van der Waals surface area (Å²) in [6.07, 6.45) is 1.70. The Morgan fingerprint density at radius 3 is 2.75 bits per heavy atom. The second kappa shape index (κ2) is 7.94. The molecule has 2 aromatic rings. The van der Waals surface area contributed by atoms with E-state index in [4.69, 9.17) is 16.3 Å². The lowest BCUT2D eigenvalue weighted by Gasteiger charge is -2.21. The molecule has 24 heavy (non-hydrogen) atoms. The van der Waals surface area contributed by atoms with Gasteiger partial charge in [-0.3, -0.25) is 0 Å². The highest BCUT2D eigenvalue weighted by Crippen LogP contribution is 2.31. The van der Waals surface area contributed by atoms with E-state index in [1.54, 1.807) is 6.07 Å². The molecule has 0 aliphatic carbocycles. The number of rotatable bonds is 5. The first-order valence-electron chi connectivity index (χ1n) is 7.54. The molecular weight excluding hydrogens is 439 g/mol. The standard InChI is InChI=1S/C17H16ClIN4O/c1-2-24-16-9-8-12(10-14(16)18)21-22-17-15(19)11-20-23(17)13-6-4-3-5-7-13/h3-11,15,17H,2H2,1H3. The van der Waals surface area contributed by atoms with Crippen molar-refractivity contribution in [3.63, 3.8) is 0 Å². The number of hydrogen-bond acceptors (Lipinski definition) is 5. The van der Waals surface area contributed by atoms with Crippen molar-refractivity contribution >= 4 is 51.8 Å². The van der Waals surface area contributed by atoms with Gasteiger partial charge >= 0.3 is 0 Å². The van der Waals surface area contributed by atoms with Crippen molar-refractivity contribution in [2.75, 3.05) is 11.6 Å². The summed E-state index contributed by atoms with van der Waals surface area (Å²) >= 11 is 8.50. The average molecular weight is 455 g/mol. The van der Waals surface area contributed by atoms with E-state index < -0.39 is 0 Å². The van der Waals surface area contributed by atoms with E-state index in [-0.39, 0.29) is 10.1 Å². The van der Waals surface area contributed by atoms with Crippen LogP contribution >= 0.6 is 34.2 Å². The molecule has 0 saturated carbocycles. The van der Waals surface area contributed by atoms with Gasteiger partial charge in [-0.1, -0.05) is 52.4 Å². The highest BCUT2D eigenvalue weighted by atomic mass is 127. The van der Waals surface area contributed by atoms with Crippen molar-refractivity contribution in [1.29, 1.82) is 0 Å². The number of hydrogen-bond donors (Lipinski definition) is 0. The monoisotopic (exact) mass is 454 g/mol. The summed E-state index contributed by atoms with van der Waals surface area (Å²) in [5.74, 6) is 0.653. The number of benzene rings is 2. The van der Waals surface area contributed by atoms with Gasteiger partial charge in [-0.15, -0.1) is 0 Å². The van der Waals surface area contributed by atoms with Crippen molar-refractivity contribution in [3.8, 4) is 5.75 Å². The van der Waals surface area contributed by atoms with Gasteiger partial charge in [-0.25, -0.2) is 5.01 Å². The second-order valence-electron chi connectivity index (χ2n) is 5.07. The SMILES string of the molecule is CCOc1ccc(N=NC2C(I)C=NN2c2ccccc2)cc1Cl. The molecule has 0 fully saturated rings. The number of anilines is 1. The minimum absolute atomic E-state index is 0.143. The third-order valence-corrected chi connectivity index (χ3v) is 4.66. The van der Waals surface area contributed by atoms with Gasteiger partial charge in [0.15, 0.2) is 6.17 Å². The summed E-state index contributed by atoms with van der Waals surface area (Å²) < 4.78 is 5.57. The molecule has 0 radical (unpaired) electrons. The lowest BCUT2D eigenvalue weighted by molar-refractivity contribution is 0.340. The number of para-hydroxylation sites is 1. The summed E-state index contributed by atoms with van der Waals surface area (Å²) in [4.78, 5) is 0. The Hall–Kier alpha value is -1.67. The molecule has 2 unspecified atom stereocenters. The van der Waals surface area contributed by atoms with Gasteiger partial charge in [0.05, 0.1) is 26.9 Å². The third-order valence-electron chi connectivity index (χ3n) is 3.40. The fourth-order valence-electron chi connectivity index (χ4n) is 2.28. The van der Waals surface area contributed by atoms with Gasteiger partial charge in [0.25, 0.3) is 0 Å². The first-order chi connectivity index (χ1) is 11.7. The van der Waals surface area contributed by atoms with Crippen LogP contribution in [0.2, 0.25) is 5.02 Å². The number of ether oxygens (including phenoxy) is 1. The zero-order chi connectivity index (χ0) is 16.9. The molecule has 1 heterocycles. The van der Waals surface area contributed by atoms with Gasteiger partial charge in [-0.2, -0.15) is 15.3 Å². The molecular formula is C17H16ClIN4O. The maximum absolute atomic E-state index is 6.19. The molecule has 1 aliphatic heterocycles. The molecule has 124 valence electrons. The number of azo groups is 1. The number of alkyl halides is 1. The van der Waals surface area contributed by atoms with Gasteiger partial charge in [-0.05, 0) is 37.3 Å². The predicted octanol–water partition coefficient (Wildman–Crippen LogP) is 5.46. The zero-order valence-electron chi connectivity index (χ0n) is 13.0. The fourth-order valence-corrected chi connectivity index (χ4v) is 3.10. The van der Waals surface area contributed by atoms with E-state index >= 15 is 0 Å². The van der Waals surface area contributed by atoms with Crippen LogP contribution in [-0.4, -0.2) is 22.9 Å². The molecule has 0 bridgehead atoms. The van der Waals surface area contributed by atoms with Gasteiger partial charge < -0.3 is 4.74 Å². The molecule has 2 atom stereocenters. The van der Waals surface area contributed by atoms with E-state index in [1.807, 2.05) is 60.6 Å². The molecule has 2 aromatic carbocycles. The summed E-state index contributed by atoms with van der Waals surface area (Å²) in [5.41, 5.74) is 1.67. The molecule has 0 aromatic heterocycles. The minimum Gasteiger partial charge on any atom is -0.492 e. The molecule has 5 nitrogen and oxygen atoms in total. The van der Waals surface area contributed by atoms with Crippen LogP contribution in [0.5, 0.6) is 5.75 Å². The fraction of sp³-hybridized carbons (Fsp3) is 0.235. The summed E-state index contributed by atoms with van der Waals surface area (Å²) in [7, 11) is 0. The van der Waals surface area contributed by atoms with Crippen molar-refractivity contribution in [1.82, 2.24) is 0 Å². The van der Waals surface area contributed by atoms with Crippen molar-refractivity contribution in [3.05, 3.63) is 53.6 Å². The lowest BCUT2D eigenvalue weighted by Crippen LogP contribution is -2.30. The quantitative estimate of drug-likeness (QED) is 0.342. The molecule has 0 spiro atoms. The summed E-state index contributed by atoms with van der Waals surface area (Å²) in [6.45, 7) is 2.49. The zero-order valence-corrected chi connectivity index (χ0v) is 15.9. The van der Waals surface area contributed by atoms with E-state index in [9.17, 15) is 0 Å². The third kappa shape index (κ3) is 3.87. The van der Waals surface area contributed by atoms with E-state index in [0.29, 0.717) is 23.1 Å². The average Bonchev–Trinajstić information content (AvgIpc) is 2.97. The van der Waals surface area contributed by atoms with E-state index in [0.717, 1.165) is 5.69 Å². The van der Waals surface area contributed by atoms with E-state index in [1.165, 1.54) is 0 Å². The van der Waals surface area contributed by atoms with E-state index in [2.05, 4.69) is 37.9 Å². The number of nitrogens with zero attached hydrogens (tertiary/aromatic N) is 4. The maximum atomic E-state index is 6.19. The minimum atomic E-state index is -0.182. The van der Waals surface area contributed by atoms with Crippen LogP contribution < -0.4 is 9.75 Å². The first kappa shape index (κ1) is 17.2. The first-order valence-corrected chi connectivity index (χ1v) is 9.17. The maximum Gasteiger partial charge on any atom is 0.179 e. The predicted molar refractivity (Wildman–Crippen MR) is 106 cm³/mol. The van der Waals surface area contributed by atoms with Crippen LogP contribution in [0.25, 0.3) is 0 Å². The van der Waals surface area contributed by atoms with Crippen LogP contribution in [0, 0.1) is 0 Å². The van der Waals surface area contributed by atoms with Crippen molar-refractivity contribution in [2.24, 2.45) is 15.3 Å². The van der Waals surface area contributed by atoms with Crippen LogP contribution in [0.4, 0.5) is 11.4 Å². The summed E-state index contributed by atoms with van der Waals surface area (Å²) in [5, 5.41) is 15.6. The Morgan fingerprint density at radius 1 is 1.25 bits per heavy atom. The second-order valence-corrected chi connectivity index (χ2v) is 6.91. The molecule has 3 rings (SSSR count). The summed E-state index contributed by atoms with van der Waals surface area (Å²) in [6, 6.07) is 15.3. The molecule has 0 N–H and O–H groups in total. The Bertz CT molecular complexity index is 754. The molecule has 0 saturated heterocycles. The van der Waals surface area contributed by atoms with Gasteiger partial charge in [0.2, 0.25) is 0 Å². The van der Waals surface area contributed by atoms with Crippen LogP contribution in [-0.2, 0) is 0 Å². The Labute approximate surface area is 159 Å². The largest absolute Gasteiger partial charge is 0.492 e. The Morgan fingerprint density at radius 2 is 2.04 bits per heavy atom. The van der Waals surface area contributed by atoms with Crippen molar-refractivity contribution in [2.45, 2.75) is 17.0 Å². The molecule has 7 heteroatoms. The van der Waals surface area contributed by atoms with Crippen LogP contribution in [0.15, 0.2) is 63.9 Å². The smallest absolute Gasteiger partial charge is 0.179 e. The normalized spacial score (nSPS) is 20.0. The Balaban J connectivity index is 1.78. The Kier molecular flexibility index (Phi) is 5.68. The van der Waals surface area contributed by atoms with Crippen LogP contribution in [0.3, 0.4) is 0 Å². The molecule has 1 aliphatic rings. The van der Waals surface area contributed by atoms with Crippen LogP contribution in [0.1, 0.15) is 6.92 Å². The number of halogens is 2. The molecule has 0 amide bonds. The van der Waals surface area contributed by atoms with Crippen molar-refractivity contribution < 1.29 is 4.74 Å². The van der Waals surface area contributed by atoms with Gasteiger partial charge in [0.1, 0.15) is 5.75 Å². The lowest BCUT2D eigenvalue weighted by atomic mass is 10.3. The van der Waals surface area contributed by atoms with Gasteiger partial charge in [0, 0.05) is 6.21 Å². The topological polar surface area (TPSA) is 49.6 Å².